The number of benzene rings is 2. The van der Waals surface area contributed by atoms with Crippen molar-refractivity contribution in [3.8, 4) is 5.75 Å². The Labute approximate surface area is 240 Å². The Balaban J connectivity index is 1.95. The van der Waals surface area contributed by atoms with Crippen molar-refractivity contribution in [2.45, 2.75) is 61.2 Å². The molecule has 0 aliphatic heterocycles. The van der Waals surface area contributed by atoms with Gasteiger partial charge in [-0.15, -0.1) is 0 Å². The number of rotatable bonds is 12. The summed E-state index contributed by atoms with van der Waals surface area (Å²) in [6.45, 7) is -2.63. The predicted octanol–water partition coefficient (Wildman–Crippen LogP) is 8.69. The lowest BCUT2D eigenvalue weighted by atomic mass is 9.97. The van der Waals surface area contributed by atoms with Crippen molar-refractivity contribution < 1.29 is 89.3 Å². The fourth-order valence-electron chi connectivity index (χ4n) is 3.25. The summed E-state index contributed by atoms with van der Waals surface area (Å²) >= 11 is 0. The summed E-state index contributed by atoms with van der Waals surface area (Å²) in [7, 11) is 0. The van der Waals surface area contributed by atoms with E-state index in [0.29, 0.717) is 0 Å². The molecule has 0 N–H and O–H groups in total. The molecule has 0 heterocycles. The van der Waals surface area contributed by atoms with Crippen molar-refractivity contribution in [2.24, 2.45) is 0 Å². The average molecular weight is 684 g/mol. The number of carbonyl (C=O) groups is 2. The van der Waals surface area contributed by atoms with Crippen LogP contribution in [0.5, 0.6) is 5.75 Å². The Hall–Kier alpha value is -3.74. The third-order valence-corrected chi connectivity index (χ3v) is 5.86. The monoisotopic (exact) mass is 684 g/mol. The zero-order chi connectivity index (χ0) is 34.9. The Morgan fingerprint density at radius 1 is 0.533 bits per heavy atom. The second-order valence-corrected chi connectivity index (χ2v) is 9.17. The Bertz CT molecular complexity index is 1330. The predicted molar refractivity (Wildman–Crippen MR) is 118 cm³/mol. The molecule has 4 nitrogen and oxygen atoms in total. The van der Waals surface area contributed by atoms with Crippen molar-refractivity contribution in [2.75, 3.05) is 6.61 Å². The maximum atomic E-state index is 13.6. The number of alkyl halides is 16. The first-order valence-corrected chi connectivity index (χ1v) is 11.8. The van der Waals surface area contributed by atoms with E-state index in [-0.39, 0.29) is 16.9 Å². The Morgan fingerprint density at radius 3 is 1.44 bits per heavy atom. The number of carbonyl (C=O) groups excluding carboxylic acids is 2. The number of hydrogen-bond donors (Lipinski definition) is 0. The van der Waals surface area contributed by atoms with E-state index in [9.17, 15) is 79.8 Å². The molecular formula is C25H16F16O4. The van der Waals surface area contributed by atoms with Crippen molar-refractivity contribution in [3.05, 3.63) is 65.2 Å². The second kappa shape index (κ2) is 12.6. The van der Waals surface area contributed by atoms with Crippen molar-refractivity contribution in [3.63, 3.8) is 0 Å². The van der Waals surface area contributed by atoms with E-state index >= 15 is 0 Å². The molecule has 20 heteroatoms. The first kappa shape index (κ1) is 37.4. The van der Waals surface area contributed by atoms with Crippen LogP contribution in [0.15, 0.2) is 48.5 Å². The van der Waals surface area contributed by atoms with Crippen LogP contribution in [-0.2, 0) is 11.2 Å². The van der Waals surface area contributed by atoms with Crippen LogP contribution in [-0.4, -0.2) is 60.5 Å². The topological polar surface area (TPSA) is 52.6 Å². The molecule has 2 aromatic carbocycles. The van der Waals surface area contributed by atoms with E-state index < -0.39 is 85.3 Å². The van der Waals surface area contributed by atoms with E-state index in [0.717, 1.165) is 48.5 Å². The third kappa shape index (κ3) is 7.92. The summed E-state index contributed by atoms with van der Waals surface area (Å²) in [6, 6.07) is 7.45. The van der Waals surface area contributed by atoms with Crippen molar-refractivity contribution in [1.82, 2.24) is 0 Å². The van der Waals surface area contributed by atoms with Crippen LogP contribution in [0.3, 0.4) is 0 Å². The number of halogens is 16. The van der Waals surface area contributed by atoms with Crippen molar-refractivity contribution >= 4 is 11.9 Å². The summed E-state index contributed by atoms with van der Waals surface area (Å²) < 4.78 is 214. The fourth-order valence-corrected chi connectivity index (χ4v) is 3.25. The van der Waals surface area contributed by atoms with Crippen LogP contribution in [0.25, 0.3) is 0 Å². The highest BCUT2D eigenvalue weighted by Crippen LogP contribution is 2.54. The molecule has 2 rings (SSSR count). The van der Waals surface area contributed by atoms with Crippen LogP contribution in [0, 0.1) is 0 Å². The zero-order valence-corrected chi connectivity index (χ0v) is 21.6. The lowest BCUT2D eigenvalue weighted by Gasteiger charge is -2.33. The molecule has 0 saturated carbocycles. The number of hydrogen-bond acceptors (Lipinski definition) is 4. The Kier molecular flexibility index (Phi) is 10.5. The van der Waals surface area contributed by atoms with E-state index in [1.54, 1.807) is 0 Å². The van der Waals surface area contributed by atoms with Gasteiger partial charge >= 0.3 is 53.9 Å². The summed E-state index contributed by atoms with van der Waals surface area (Å²) in [5.74, 6) is -35.0. The maximum Gasteiger partial charge on any atom is 0.460 e. The van der Waals surface area contributed by atoms with Crippen LogP contribution < -0.4 is 4.74 Å². The first-order valence-electron chi connectivity index (χ1n) is 11.8. The van der Waals surface area contributed by atoms with Gasteiger partial charge in [-0.2, -0.15) is 70.2 Å². The lowest BCUT2D eigenvalue weighted by molar-refractivity contribution is -0.396. The summed E-state index contributed by atoms with van der Waals surface area (Å²) in [5, 5.41) is 0. The van der Waals surface area contributed by atoms with Crippen LogP contribution >= 0.6 is 0 Å². The zero-order valence-electron chi connectivity index (χ0n) is 21.6. The molecule has 0 atom stereocenters. The molecule has 2 aromatic rings. The number of ether oxygens (including phenoxy) is 2. The van der Waals surface area contributed by atoms with Crippen LogP contribution in [0.1, 0.15) is 39.1 Å². The average Bonchev–Trinajstić information content (AvgIpc) is 2.91. The third-order valence-electron chi connectivity index (χ3n) is 5.86. The fraction of sp³-hybridized carbons (Fsp3) is 0.440. The highest BCUT2D eigenvalue weighted by Gasteiger charge is 2.81. The van der Waals surface area contributed by atoms with Gasteiger partial charge < -0.3 is 9.47 Å². The quantitative estimate of drug-likeness (QED) is 0.128. The molecule has 0 radical (unpaired) electrons. The maximum absolute atomic E-state index is 13.6. The summed E-state index contributed by atoms with van der Waals surface area (Å²) in [6.07, 6.45) is -17.1. The molecule has 45 heavy (non-hydrogen) atoms. The minimum Gasteiger partial charge on any atom is -0.455 e. The van der Waals surface area contributed by atoms with Gasteiger partial charge in [0, 0.05) is 6.42 Å². The molecular weight excluding hydrogens is 668 g/mol. The van der Waals surface area contributed by atoms with E-state index in [4.69, 9.17) is 4.74 Å². The van der Waals surface area contributed by atoms with Gasteiger partial charge in [0.05, 0.1) is 11.1 Å². The molecule has 0 spiro atoms. The molecule has 0 saturated heterocycles. The van der Waals surface area contributed by atoms with Gasteiger partial charge in [-0.1, -0.05) is 12.1 Å². The second-order valence-electron chi connectivity index (χ2n) is 9.17. The van der Waals surface area contributed by atoms with Crippen LogP contribution in [0.4, 0.5) is 70.2 Å². The highest BCUT2D eigenvalue weighted by molar-refractivity contribution is 5.92. The van der Waals surface area contributed by atoms with E-state index in [1.165, 1.54) is 0 Å². The minimum absolute atomic E-state index is 0.0645. The van der Waals surface area contributed by atoms with Gasteiger partial charge in [-0.05, 0) is 54.8 Å². The lowest BCUT2D eigenvalue weighted by Crippen LogP contribution is -2.60. The first-order chi connectivity index (χ1) is 20.2. The SMILES string of the molecule is O=C(OCC(F)(F)C(F)(F)C(F)(F)F)c1ccc(OC(=O)c2ccc(CCCC(F)(F)C(F)(F)C(F)(F)C(F)(F)F)cc2)cc1. The molecule has 0 amide bonds. The summed E-state index contributed by atoms with van der Waals surface area (Å²) in [5.41, 5.74) is -0.804. The summed E-state index contributed by atoms with van der Waals surface area (Å²) in [4.78, 5) is 24.0. The van der Waals surface area contributed by atoms with Gasteiger partial charge in [-0.25, -0.2) is 9.59 Å². The largest absolute Gasteiger partial charge is 0.460 e. The normalized spacial score (nSPS) is 13.9. The molecule has 0 aliphatic rings. The molecule has 0 aliphatic carbocycles. The number of aryl methyl sites for hydroxylation is 1. The van der Waals surface area contributed by atoms with E-state index in [1.807, 2.05) is 0 Å². The van der Waals surface area contributed by atoms with Gasteiger partial charge in [0.1, 0.15) is 5.75 Å². The molecule has 0 bridgehead atoms. The smallest absolute Gasteiger partial charge is 0.455 e. The van der Waals surface area contributed by atoms with Crippen molar-refractivity contribution in [1.29, 1.82) is 0 Å². The Morgan fingerprint density at radius 2 is 0.978 bits per heavy atom. The molecule has 0 unspecified atom stereocenters. The van der Waals surface area contributed by atoms with Gasteiger partial charge in [0.2, 0.25) is 0 Å². The molecule has 0 fully saturated rings. The van der Waals surface area contributed by atoms with Gasteiger partial charge in [0.25, 0.3) is 0 Å². The molecule has 252 valence electrons. The number of esters is 2. The standard InChI is InChI=1S/C25H16F16O4/c26-19(27,21(30,31)23(34,35)25(39,40)41)11-1-2-13-3-5-15(6-4-13)18(43)45-16-9-7-14(8-10-16)17(42)44-12-20(28,29)22(32,33)24(36,37)38/h3-10H,1-2,11-12H2. The van der Waals surface area contributed by atoms with E-state index in [2.05, 4.69) is 4.74 Å². The van der Waals surface area contributed by atoms with Gasteiger partial charge in [0.15, 0.2) is 6.61 Å². The minimum atomic E-state index is -7.01. The highest BCUT2D eigenvalue weighted by atomic mass is 19.4. The van der Waals surface area contributed by atoms with Crippen LogP contribution in [0.2, 0.25) is 0 Å². The van der Waals surface area contributed by atoms with Gasteiger partial charge in [-0.3, -0.25) is 0 Å². The molecule has 0 aromatic heterocycles.